The summed E-state index contributed by atoms with van der Waals surface area (Å²) in [7, 11) is 0. The number of nitrogens with zero attached hydrogens (tertiary/aromatic N) is 2. The van der Waals surface area contributed by atoms with Gasteiger partial charge in [0.2, 0.25) is 0 Å². The topological polar surface area (TPSA) is 34.9 Å². The molecule has 3 nitrogen and oxygen atoms in total. The Balaban J connectivity index is 3.11. The number of halogens is 3. The van der Waals surface area contributed by atoms with Gasteiger partial charge in [0.25, 0.3) is 0 Å². The molecular formula is C9H9F3N2O. The molecule has 0 unspecified atom stereocenters. The van der Waals surface area contributed by atoms with Crippen LogP contribution in [0.25, 0.3) is 0 Å². The fourth-order valence-corrected chi connectivity index (χ4v) is 1.05. The number of hydrogen-bond donors (Lipinski definition) is 0. The lowest BCUT2D eigenvalue weighted by molar-refractivity contribution is -0.141. The minimum atomic E-state index is -4.53. The lowest BCUT2D eigenvalue weighted by atomic mass is 10.3. The summed E-state index contributed by atoms with van der Waals surface area (Å²) in [5.41, 5.74) is -0.550. The lowest BCUT2D eigenvalue weighted by Gasteiger charge is -2.02. The average Bonchev–Trinajstić information content (AvgIpc) is 2.45. The maximum absolute atomic E-state index is 12.2. The fraction of sp³-hybridized carbons (Fsp3) is 0.333. The van der Waals surface area contributed by atoms with Crippen LogP contribution in [0.4, 0.5) is 13.2 Å². The van der Waals surface area contributed by atoms with Gasteiger partial charge in [0.1, 0.15) is 5.69 Å². The van der Waals surface area contributed by atoms with Crippen LogP contribution in [0, 0.1) is 0 Å². The number of allylic oxidation sites excluding steroid dienone is 1. The van der Waals surface area contributed by atoms with Gasteiger partial charge in [-0.1, -0.05) is 12.2 Å². The van der Waals surface area contributed by atoms with Crippen molar-refractivity contribution in [3.8, 4) is 0 Å². The molecule has 6 heteroatoms. The number of alkyl halides is 3. The molecule has 0 radical (unpaired) electrons. The van der Waals surface area contributed by atoms with E-state index < -0.39 is 11.9 Å². The normalized spacial score (nSPS) is 11.5. The van der Waals surface area contributed by atoms with E-state index in [9.17, 15) is 18.0 Å². The second-order valence-corrected chi connectivity index (χ2v) is 3.18. The second-order valence-electron chi connectivity index (χ2n) is 3.18. The molecule has 0 N–H and O–H groups in total. The molecule has 1 rings (SSSR count). The Morgan fingerprint density at radius 3 is 2.67 bits per heavy atom. The molecule has 0 aromatic carbocycles. The van der Waals surface area contributed by atoms with Crippen molar-refractivity contribution < 1.29 is 18.0 Å². The average molecular weight is 218 g/mol. The van der Waals surface area contributed by atoms with Gasteiger partial charge in [-0.25, -0.2) is 0 Å². The van der Waals surface area contributed by atoms with Gasteiger partial charge < -0.3 is 0 Å². The van der Waals surface area contributed by atoms with Crippen LogP contribution in [0.15, 0.2) is 18.2 Å². The van der Waals surface area contributed by atoms with Crippen molar-refractivity contribution in [1.82, 2.24) is 9.78 Å². The number of rotatable bonds is 3. The molecule has 0 aliphatic rings. The standard InChI is InChI=1S/C9H9F3N2O/c1-6(2)4-14-7(5-15)3-8(13-14)9(10,11)12/h3,5H,1,4H2,2H3. The van der Waals surface area contributed by atoms with E-state index in [0.29, 0.717) is 11.9 Å². The molecule has 0 spiro atoms. The van der Waals surface area contributed by atoms with E-state index in [2.05, 4.69) is 11.7 Å². The van der Waals surface area contributed by atoms with Gasteiger partial charge in [0.15, 0.2) is 12.0 Å². The molecule has 0 saturated carbocycles. The van der Waals surface area contributed by atoms with E-state index in [1.54, 1.807) is 6.92 Å². The quantitative estimate of drug-likeness (QED) is 0.576. The summed E-state index contributed by atoms with van der Waals surface area (Å²) in [5.74, 6) is 0. The minimum Gasteiger partial charge on any atom is -0.296 e. The first-order chi connectivity index (χ1) is 6.84. The Bertz CT molecular complexity index is 393. The van der Waals surface area contributed by atoms with E-state index in [-0.39, 0.29) is 12.2 Å². The second kappa shape index (κ2) is 3.88. The van der Waals surface area contributed by atoms with Crippen molar-refractivity contribution in [2.24, 2.45) is 0 Å². The first-order valence-electron chi connectivity index (χ1n) is 4.09. The SMILES string of the molecule is C=C(C)Cn1nc(C(F)(F)F)cc1C=O. The van der Waals surface area contributed by atoms with E-state index in [1.165, 1.54) is 0 Å². The smallest absolute Gasteiger partial charge is 0.296 e. The third-order valence-corrected chi connectivity index (χ3v) is 1.64. The Kier molecular flexibility index (Phi) is 2.97. The van der Waals surface area contributed by atoms with Crippen LogP contribution in [0.5, 0.6) is 0 Å². The molecule has 0 amide bonds. The van der Waals surface area contributed by atoms with Gasteiger partial charge in [-0.15, -0.1) is 0 Å². The monoisotopic (exact) mass is 218 g/mol. The molecule has 0 atom stereocenters. The van der Waals surface area contributed by atoms with Crippen LogP contribution in [0.3, 0.4) is 0 Å². The summed E-state index contributed by atoms with van der Waals surface area (Å²) in [6.07, 6.45) is -4.19. The van der Waals surface area contributed by atoms with Gasteiger partial charge in [0.05, 0.1) is 6.54 Å². The Labute approximate surface area is 84.2 Å². The zero-order valence-corrected chi connectivity index (χ0v) is 8.01. The number of carbonyl (C=O) groups excluding carboxylic acids is 1. The van der Waals surface area contributed by atoms with Gasteiger partial charge in [-0.05, 0) is 13.0 Å². The summed E-state index contributed by atoms with van der Waals surface area (Å²) in [6.45, 7) is 5.28. The summed E-state index contributed by atoms with van der Waals surface area (Å²) >= 11 is 0. The molecule has 0 fully saturated rings. The molecule has 1 aromatic heterocycles. The largest absolute Gasteiger partial charge is 0.435 e. The lowest BCUT2D eigenvalue weighted by Crippen LogP contribution is -2.09. The van der Waals surface area contributed by atoms with Gasteiger partial charge in [-0.3, -0.25) is 9.48 Å². The highest BCUT2D eigenvalue weighted by atomic mass is 19.4. The number of hydrogen-bond acceptors (Lipinski definition) is 2. The summed E-state index contributed by atoms with van der Waals surface area (Å²) in [5, 5.41) is 3.29. The molecule has 0 aliphatic carbocycles. The fourth-order valence-electron chi connectivity index (χ4n) is 1.05. The first kappa shape index (κ1) is 11.5. The van der Waals surface area contributed by atoms with Crippen LogP contribution < -0.4 is 0 Å². The van der Waals surface area contributed by atoms with Crippen LogP contribution >= 0.6 is 0 Å². The van der Waals surface area contributed by atoms with E-state index in [4.69, 9.17) is 0 Å². The van der Waals surface area contributed by atoms with Crippen molar-refractivity contribution in [1.29, 1.82) is 0 Å². The van der Waals surface area contributed by atoms with Gasteiger partial charge >= 0.3 is 6.18 Å². The Morgan fingerprint density at radius 1 is 1.67 bits per heavy atom. The predicted octanol–water partition coefficient (Wildman–Crippen LogP) is 2.29. The molecule has 0 saturated heterocycles. The molecule has 15 heavy (non-hydrogen) atoms. The first-order valence-corrected chi connectivity index (χ1v) is 4.09. The van der Waals surface area contributed by atoms with Crippen molar-refractivity contribution >= 4 is 6.29 Å². The number of carbonyl (C=O) groups is 1. The molecule has 1 aromatic rings. The highest BCUT2D eigenvalue weighted by molar-refractivity contribution is 5.72. The highest BCUT2D eigenvalue weighted by Crippen LogP contribution is 2.28. The molecule has 1 heterocycles. The summed E-state index contributed by atoms with van der Waals surface area (Å²) < 4.78 is 37.7. The van der Waals surface area contributed by atoms with Crippen LogP contribution in [-0.2, 0) is 12.7 Å². The Morgan fingerprint density at radius 2 is 2.27 bits per heavy atom. The van der Waals surface area contributed by atoms with Crippen molar-refractivity contribution in [3.05, 3.63) is 29.6 Å². The maximum Gasteiger partial charge on any atom is 0.435 e. The zero-order valence-electron chi connectivity index (χ0n) is 8.01. The summed E-state index contributed by atoms with van der Waals surface area (Å²) in [4.78, 5) is 10.5. The van der Waals surface area contributed by atoms with Gasteiger partial charge in [0, 0.05) is 0 Å². The van der Waals surface area contributed by atoms with E-state index in [0.717, 1.165) is 10.7 Å². The van der Waals surface area contributed by atoms with Gasteiger partial charge in [-0.2, -0.15) is 18.3 Å². The van der Waals surface area contributed by atoms with Crippen molar-refractivity contribution in [3.63, 3.8) is 0 Å². The van der Waals surface area contributed by atoms with Crippen molar-refractivity contribution in [2.45, 2.75) is 19.6 Å². The molecule has 0 bridgehead atoms. The van der Waals surface area contributed by atoms with E-state index >= 15 is 0 Å². The molecule has 0 aliphatic heterocycles. The predicted molar refractivity (Wildman–Crippen MR) is 47.4 cm³/mol. The summed E-state index contributed by atoms with van der Waals surface area (Å²) in [6, 6.07) is 0.718. The molecular weight excluding hydrogens is 209 g/mol. The highest BCUT2D eigenvalue weighted by Gasteiger charge is 2.34. The zero-order chi connectivity index (χ0) is 11.6. The van der Waals surface area contributed by atoms with E-state index in [1.807, 2.05) is 0 Å². The minimum absolute atomic E-state index is 0.101. The van der Waals surface area contributed by atoms with Crippen LogP contribution in [0.2, 0.25) is 0 Å². The molecule has 82 valence electrons. The van der Waals surface area contributed by atoms with Crippen LogP contribution in [-0.4, -0.2) is 16.1 Å². The third-order valence-electron chi connectivity index (χ3n) is 1.64. The van der Waals surface area contributed by atoms with Crippen molar-refractivity contribution in [2.75, 3.05) is 0 Å². The Hall–Kier alpha value is -1.59. The maximum atomic E-state index is 12.2. The number of aldehydes is 1. The third kappa shape index (κ3) is 2.68. The number of aromatic nitrogens is 2. The van der Waals surface area contributed by atoms with Crippen LogP contribution in [0.1, 0.15) is 23.1 Å².